The Bertz CT molecular complexity index is 305. The third-order valence-electron chi connectivity index (χ3n) is 2.41. The van der Waals surface area contributed by atoms with E-state index in [0.29, 0.717) is 19.1 Å². The Kier molecular flexibility index (Phi) is 2.34. The molecule has 0 aromatic heterocycles. The maximum atomic E-state index is 4.93. The lowest BCUT2D eigenvalue weighted by Crippen LogP contribution is -2.08. The van der Waals surface area contributed by atoms with E-state index in [1.807, 2.05) is 0 Å². The van der Waals surface area contributed by atoms with Gasteiger partial charge in [0.05, 0.1) is 0 Å². The molecule has 1 aromatic carbocycles. The molecule has 0 saturated heterocycles. The zero-order chi connectivity index (χ0) is 9.26. The summed E-state index contributed by atoms with van der Waals surface area (Å²) in [6.07, 6.45) is 0. The van der Waals surface area contributed by atoms with Crippen LogP contribution in [-0.4, -0.2) is 0 Å². The van der Waals surface area contributed by atoms with Gasteiger partial charge in [-0.2, -0.15) is 0 Å². The van der Waals surface area contributed by atoms with E-state index in [0.717, 1.165) is 0 Å². The number of hydrogen-bond donors (Lipinski definition) is 0. The first-order valence-corrected chi connectivity index (χ1v) is 4.63. The average Bonchev–Trinajstić information content (AvgIpc) is 2.17. The highest BCUT2D eigenvalue weighted by Crippen LogP contribution is 2.22. The lowest BCUT2D eigenvalue weighted by Gasteiger charge is -2.17. The molecule has 0 spiro atoms. The molecular weight excluding hydrogens is 164 g/mol. The molecule has 1 aromatic rings. The maximum Gasteiger partial charge on any atom is 0.108 e. The number of hydrogen-bond acceptors (Lipinski definition) is 2. The van der Waals surface area contributed by atoms with E-state index in [9.17, 15) is 0 Å². The summed E-state index contributed by atoms with van der Waals surface area (Å²) in [5.74, 6) is 0.577. The summed E-state index contributed by atoms with van der Waals surface area (Å²) >= 11 is 0. The van der Waals surface area contributed by atoms with Crippen molar-refractivity contribution >= 4 is 0 Å². The van der Waals surface area contributed by atoms with Crippen molar-refractivity contribution < 1.29 is 9.78 Å². The van der Waals surface area contributed by atoms with Gasteiger partial charge in [0, 0.05) is 0 Å². The quantitative estimate of drug-likeness (QED) is 0.615. The van der Waals surface area contributed by atoms with E-state index in [1.165, 1.54) is 16.7 Å². The molecule has 0 N–H and O–H groups in total. The van der Waals surface area contributed by atoms with Crippen LogP contribution in [0.2, 0.25) is 0 Å². The summed E-state index contributed by atoms with van der Waals surface area (Å²) in [6, 6.07) is 6.51. The molecule has 13 heavy (non-hydrogen) atoms. The van der Waals surface area contributed by atoms with E-state index in [1.54, 1.807) is 0 Å². The van der Waals surface area contributed by atoms with Crippen molar-refractivity contribution in [1.82, 2.24) is 0 Å². The van der Waals surface area contributed by atoms with Gasteiger partial charge in [0.2, 0.25) is 0 Å². The van der Waals surface area contributed by atoms with Crippen LogP contribution in [0.4, 0.5) is 0 Å². The van der Waals surface area contributed by atoms with Gasteiger partial charge in [0.1, 0.15) is 13.2 Å². The molecule has 2 rings (SSSR count). The molecule has 2 heteroatoms. The highest BCUT2D eigenvalue weighted by molar-refractivity contribution is 5.33. The fourth-order valence-corrected chi connectivity index (χ4v) is 1.49. The largest absolute Gasteiger partial charge is 0.232 e. The van der Waals surface area contributed by atoms with Crippen LogP contribution >= 0.6 is 0 Å². The fraction of sp³-hybridized carbons (Fsp3) is 0.455. The molecule has 0 radical (unpaired) electrons. The lowest BCUT2D eigenvalue weighted by atomic mass is 9.98. The summed E-state index contributed by atoms with van der Waals surface area (Å²) in [4.78, 5) is 9.83. The van der Waals surface area contributed by atoms with Gasteiger partial charge < -0.3 is 0 Å². The summed E-state index contributed by atoms with van der Waals surface area (Å²) in [6.45, 7) is 5.55. The standard InChI is InChI=1S/C11H14O2/c1-8(2)9-3-4-10-6-12-13-7-11(10)5-9/h3-5,8H,6-7H2,1-2H3. The molecule has 0 atom stereocenters. The van der Waals surface area contributed by atoms with Gasteiger partial charge in [-0.05, 0) is 22.6 Å². The van der Waals surface area contributed by atoms with Crippen molar-refractivity contribution in [2.75, 3.05) is 0 Å². The first-order chi connectivity index (χ1) is 6.27. The second-order valence-corrected chi connectivity index (χ2v) is 3.71. The topological polar surface area (TPSA) is 18.5 Å². The zero-order valence-electron chi connectivity index (χ0n) is 8.04. The minimum absolute atomic E-state index is 0.577. The van der Waals surface area contributed by atoms with Crippen molar-refractivity contribution in [2.45, 2.75) is 33.0 Å². The van der Waals surface area contributed by atoms with Crippen LogP contribution in [0.1, 0.15) is 36.5 Å². The molecule has 0 saturated carbocycles. The minimum Gasteiger partial charge on any atom is -0.232 e. The molecule has 1 aliphatic heterocycles. The van der Waals surface area contributed by atoms with E-state index < -0.39 is 0 Å². The van der Waals surface area contributed by atoms with Crippen LogP contribution < -0.4 is 0 Å². The molecule has 2 nitrogen and oxygen atoms in total. The molecule has 70 valence electrons. The molecule has 1 heterocycles. The van der Waals surface area contributed by atoms with Crippen molar-refractivity contribution in [3.8, 4) is 0 Å². The Morgan fingerprint density at radius 1 is 1.08 bits per heavy atom. The lowest BCUT2D eigenvalue weighted by molar-refractivity contribution is -0.322. The van der Waals surface area contributed by atoms with Crippen LogP contribution in [-0.2, 0) is 23.0 Å². The third kappa shape index (κ3) is 1.74. The van der Waals surface area contributed by atoms with Crippen LogP contribution in [0.5, 0.6) is 0 Å². The second kappa shape index (κ2) is 3.48. The van der Waals surface area contributed by atoms with Gasteiger partial charge in [-0.25, -0.2) is 9.78 Å². The van der Waals surface area contributed by atoms with E-state index in [4.69, 9.17) is 9.78 Å². The van der Waals surface area contributed by atoms with Crippen LogP contribution in [0, 0.1) is 0 Å². The van der Waals surface area contributed by atoms with Gasteiger partial charge in [0.25, 0.3) is 0 Å². The Labute approximate surface area is 78.4 Å². The zero-order valence-corrected chi connectivity index (χ0v) is 8.04. The molecule has 1 aliphatic rings. The van der Waals surface area contributed by atoms with E-state index >= 15 is 0 Å². The van der Waals surface area contributed by atoms with Crippen molar-refractivity contribution in [1.29, 1.82) is 0 Å². The van der Waals surface area contributed by atoms with Crippen molar-refractivity contribution in [3.05, 3.63) is 34.9 Å². The summed E-state index contributed by atoms with van der Waals surface area (Å²) in [7, 11) is 0. The summed E-state index contributed by atoms with van der Waals surface area (Å²) < 4.78 is 0. The molecule has 0 fully saturated rings. The van der Waals surface area contributed by atoms with Gasteiger partial charge in [-0.3, -0.25) is 0 Å². The second-order valence-electron chi connectivity index (χ2n) is 3.71. The number of fused-ring (bicyclic) bond motifs is 1. The predicted octanol–water partition coefficient (Wildman–Crippen LogP) is 2.77. The first kappa shape index (κ1) is 8.73. The summed E-state index contributed by atoms with van der Waals surface area (Å²) in [5, 5.41) is 0. The van der Waals surface area contributed by atoms with Crippen molar-refractivity contribution in [2.24, 2.45) is 0 Å². The molecule has 0 amide bonds. The van der Waals surface area contributed by atoms with Gasteiger partial charge in [0.15, 0.2) is 0 Å². The smallest absolute Gasteiger partial charge is 0.108 e. The minimum atomic E-state index is 0.577. The third-order valence-corrected chi connectivity index (χ3v) is 2.41. The molecule has 0 aliphatic carbocycles. The Morgan fingerprint density at radius 3 is 2.46 bits per heavy atom. The van der Waals surface area contributed by atoms with Crippen LogP contribution in [0.25, 0.3) is 0 Å². The first-order valence-electron chi connectivity index (χ1n) is 4.63. The van der Waals surface area contributed by atoms with Crippen LogP contribution in [0.3, 0.4) is 0 Å². The van der Waals surface area contributed by atoms with Crippen molar-refractivity contribution in [3.63, 3.8) is 0 Å². The summed E-state index contributed by atoms with van der Waals surface area (Å²) in [5.41, 5.74) is 3.87. The molecule has 0 unspecified atom stereocenters. The SMILES string of the molecule is CC(C)c1ccc2c(c1)COOC2. The highest BCUT2D eigenvalue weighted by atomic mass is 17.2. The maximum absolute atomic E-state index is 4.93. The average molecular weight is 178 g/mol. The van der Waals surface area contributed by atoms with Gasteiger partial charge in [-0.15, -0.1) is 0 Å². The predicted molar refractivity (Wildman–Crippen MR) is 50.1 cm³/mol. The van der Waals surface area contributed by atoms with Gasteiger partial charge >= 0.3 is 0 Å². The van der Waals surface area contributed by atoms with E-state index in [2.05, 4.69) is 32.0 Å². The van der Waals surface area contributed by atoms with Crippen LogP contribution in [0.15, 0.2) is 18.2 Å². The fourth-order valence-electron chi connectivity index (χ4n) is 1.49. The molecule has 0 bridgehead atoms. The monoisotopic (exact) mass is 178 g/mol. The number of rotatable bonds is 1. The highest BCUT2D eigenvalue weighted by Gasteiger charge is 2.11. The normalized spacial score (nSPS) is 15.9. The Hall–Kier alpha value is -0.860. The molecular formula is C11H14O2. The van der Waals surface area contributed by atoms with Gasteiger partial charge in [-0.1, -0.05) is 32.0 Å². The number of benzene rings is 1. The Morgan fingerprint density at radius 2 is 1.77 bits per heavy atom. The Balaban J connectivity index is 2.35. The van der Waals surface area contributed by atoms with E-state index in [-0.39, 0.29) is 0 Å².